The second-order valence-corrected chi connectivity index (χ2v) is 4.48. The Bertz CT molecular complexity index is 419. The lowest BCUT2D eigenvalue weighted by molar-refractivity contribution is -0.120. The number of hydrogen-bond acceptors (Lipinski definition) is 4. The lowest BCUT2D eigenvalue weighted by Gasteiger charge is -2.17. The Kier molecular flexibility index (Phi) is 4.50. The molecule has 1 aliphatic carbocycles. The number of amides is 1. The van der Waals surface area contributed by atoms with Crippen molar-refractivity contribution in [3.8, 4) is 0 Å². The quantitative estimate of drug-likeness (QED) is 0.824. The van der Waals surface area contributed by atoms with Gasteiger partial charge in [0.2, 0.25) is 5.91 Å². The van der Waals surface area contributed by atoms with Crippen LogP contribution in [-0.4, -0.2) is 29.0 Å². The van der Waals surface area contributed by atoms with Crippen molar-refractivity contribution in [3.63, 3.8) is 0 Å². The van der Waals surface area contributed by atoms with Crippen LogP contribution >= 0.6 is 0 Å². The summed E-state index contributed by atoms with van der Waals surface area (Å²) < 4.78 is 0. The molecule has 0 fully saturated rings. The summed E-state index contributed by atoms with van der Waals surface area (Å²) in [6.45, 7) is 3.23. The van der Waals surface area contributed by atoms with E-state index < -0.39 is 0 Å². The number of carbonyl (C=O) groups is 1. The molecule has 5 heteroatoms. The predicted molar refractivity (Wildman–Crippen MR) is 70.5 cm³/mol. The molecule has 0 atom stereocenters. The molecule has 1 aliphatic rings. The van der Waals surface area contributed by atoms with Gasteiger partial charge >= 0.3 is 0 Å². The summed E-state index contributed by atoms with van der Waals surface area (Å²) in [6.07, 6.45) is 6.58. The molecule has 0 aromatic carbocycles. The van der Waals surface area contributed by atoms with Gasteiger partial charge in [0.1, 0.15) is 12.1 Å². The number of aryl methyl sites for hydroxylation is 1. The lowest BCUT2D eigenvalue weighted by Crippen LogP contribution is -2.25. The fraction of sp³-hybridized carbons (Fsp3) is 0.615. The van der Waals surface area contributed by atoms with Gasteiger partial charge in [-0.05, 0) is 32.6 Å². The van der Waals surface area contributed by atoms with Gasteiger partial charge in [-0.1, -0.05) is 0 Å². The van der Waals surface area contributed by atoms with Crippen LogP contribution in [0.4, 0.5) is 5.82 Å². The van der Waals surface area contributed by atoms with Gasteiger partial charge < -0.3 is 10.6 Å². The number of hydrogen-bond donors (Lipinski definition) is 2. The van der Waals surface area contributed by atoms with Gasteiger partial charge in [0.25, 0.3) is 0 Å². The van der Waals surface area contributed by atoms with Crippen molar-refractivity contribution in [2.75, 3.05) is 18.4 Å². The molecule has 0 aliphatic heterocycles. The summed E-state index contributed by atoms with van der Waals surface area (Å²) in [4.78, 5) is 19.9. The summed E-state index contributed by atoms with van der Waals surface area (Å²) in [5.74, 6) is 0.983. The average molecular weight is 248 g/mol. The Morgan fingerprint density at radius 2 is 2.17 bits per heavy atom. The van der Waals surface area contributed by atoms with Crippen LogP contribution < -0.4 is 10.6 Å². The standard InChI is InChI=1S/C13H20N4O/c1-2-14-12(18)7-8-15-13-10-5-3-4-6-11(10)16-9-17-13/h9H,2-8H2,1H3,(H,14,18)(H,15,16,17). The van der Waals surface area contributed by atoms with E-state index in [2.05, 4.69) is 20.6 Å². The third kappa shape index (κ3) is 3.18. The molecule has 5 nitrogen and oxygen atoms in total. The highest BCUT2D eigenvalue weighted by Gasteiger charge is 2.15. The van der Waals surface area contributed by atoms with E-state index in [1.54, 1.807) is 6.33 Å². The number of rotatable bonds is 5. The Morgan fingerprint density at radius 3 is 3.00 bits per heavy atom. The third-order valence-corrected chi connectivity index (χ3v) is 3.14. The minimum atomic E-state index is 0.0768. The molecule has 0 spiro atoms. The van der Waals surface area contributed by atoms with Crippen molar-refractivity contribution in [3.05, 3.63) is 17.6 Å². The van der Waals surface area contributed by atoms with Crippen LogP contribution in [0.1, 0.15) is 37.4 Å². The van der Waals surface area contributed by atoms with Crippen LogP contribution in [0.25, 0.3) is 0 Å². The summed E-state index contributed by atoms with van der Waals surface area (Å²) in [5.41, 5.74) is 2.40. The van der Waals surface area contributed by atoms with Crippen LogP contribution in [0.5, 0.6) is 0 Å². The number of aromatic nitrogens is 2. The second-order valence-electron chi connectivity index (χ2n) is 4.48. The molecule has 0 unspecified atom stereocenters. The summed E-state index contributed by atoms with van der Waals surface area (Å²) >= 11 is 0. The zero-order chi connectivity index (χ0) is 12.8. The number of fused-ring (bicyclic) bond motifs is 1. The molecule has 0 saturated carbocycles. The van der Waals surface area contributed by atoms with Crippen LogP contribution in [0, 0.1) is 0 Å². The maximum atomic E-state index is 11.3. The zero-order valence-corrected chi connectivity index (χ0v) is 10.8. The smallest absolute Gasteiger partial charge is 0.221 e. The summed E-state index contributed by atoms with van der Waals surface area (Å²) in [5, 5.41) is 6.03. The van der Waals surface area contributed by atoms with Crippen molar-refractivity contribution >= 4 is 11.7 Å². The Morgan fingerprint density at radius 1 is 1.33 bits per heavy atom. The first-order valence-corrected chi connectivity index (χ1v) is 6.64. The van der Waals surface area contributed by atoms with Gasteiger partial charge in [-0.2, -0.15) is 0 Å². The molecule has 98 valence electrons. The second kappa shape index (κ2) is 6.33. The monoisotopic (exact) mass is 248 g/mol. The highest BCUT2D eigenvalue weighted by molar-refractivity contribution is 5.76. The van der Waals surface area contributed by atoms with Crippen molar-refractivity contribution in [1.82, 2.24) is 15.3 Å². The van der Waals surface area contributed by atoms with Crippen LogP contribution in [0.15, 0.2) is 6.33 Å². The number of nitrogens with zero attached hydrogens (tertiary/aromatic N) is 2. The predicted octanol–water partition coefficient (Wildman–Crippen LogP) is 1.29. The van der Waals surface area contributed by atoms with Gasteiger partial charge in [-0.3, -0.25) is 4.79 Å². The third-order valence-electron chi connectivity index (χ3n) is 3.14. The summed E-state index contributed by atoms with van der Waals surface area (Å²) in [7, 11) is 0. The number of anilines is 1. The van der Waals surface area contributed by atoms with Crippen LogP contribution in [0.3, 0.4) is 0 Å². The minimum absolute atomic E-state index is 0.0768. The SMILES string of the molecule is CCNC(=O)CCNc1ncnc2c1CCCC2. The average Bonchev–Trinajstić information content (AvgIpc) is 2.39. The van der Waals surface area contributed by atoms with E-state index in [1.807, 2.05) is 6.92 Å². The topological polar surface area (TPSA) is 66.9 Å². The first kappa shape index (κ1) is 12.8. The van der Waals surface area contributed by atoms with Crippen molar-refractivity contribution in [2.45, 2.75) is 39.0 Å². The van der Waals surface area contributed by atoms with Crippen LogP contribution in [0.2, 0.25) is 0 Å². The molecular weight excluding hydrogens is 228 g/mol. The summed E-state index contributed by atoms with van der Waals surface area (Å²) in [6, 6.07) is 0. The van der Waals surface area contributed by atoms with E-state index in [1.165, 1.54) is 18.4 Å². The van der Waals surface area contributed by atoms with E-state index in [0.717, 1.165) is 24.4 Å². The molecule has 0 bridgehead atoms. The molecule has 0 radical (unpaired) electrons. The van der Waals surface area contributed by atoms with Crippen molar-refractivity contribution in [2.24, 2.45) is 0 Å². The van der Waals surface area contributed by atoms with E-state index in [0.29, 0.717) is 19.5 Å². The van der Waals surface area contributed by atoms with E-state index in [-0.39, 0.29) is 5.91 Å². The normalized spacial score (nSPS) is 13.8. The molecule has 18 heavy (non-hydrogen) atoms. The van der Waals surface area contributed by atoms with Crippen LogP contribution in [-0.2, 0) is 17.6 Å². The molecule has 2 N–H and O–H groups in total. The lowest BCUT2D eigenvalue weighted by atomic mass is 9.96. The molecule has 0 saturated heterocycles. The first-order chi connectivity index (χ1) is 8.81. The fourth-order valence-corrected chi connectivity index (χ4v) is 2.25. The van der Waals surface area contributed by atoms with E-state index in [9.17, 15) is 4.79 Å². The fourth-order valence-electron chi connectivity index (χ4n) is 2.25. The zero-order valence-electron chi connectivity index (χ0n) is 10.8. The maximum Gasteiger partial charge on any atom is 0.221 e. The van der Waals surface area contributed by atoms with E-state index in [4.69, 9.17) is 0 Å². The molecule has 1 heterocycles. The molecule has 2 rings (SSSR count). The molecular formula is C13H20N4O. The van der Waals surface area contributed by atoms with Gasteiger partial charge in [0.05, 0.1) is 0 Å². The Labute approximate surface area is 107 Å². The highest BCUT2D eigenvalue weighted by atomic mass is 16.1. The number of nitrogens with one attached hydrogen (secondary N) is 2. The Hall–Kier alpha value is -1.65. The highest BCUT2D eigenvalue weighted by Crippen LogP contribution is 2.24. The first-order valence-electron chi connectivity index (χ1n) is 6.64. The minimum Gasteiger partial charge on any atom is -0.369 e. The maximum absolute atomic E-state index is 11.3. The van der Waals surface area contributed by atoms with Gasteiger partial charge in [-0.15, -0.1) is 0 Å². The van der Waals surface area contributed by atoms with Crippen molar-refractivity contribution < 1.29 is 4.79 Å². The largest absolute Gasteiger partial charge is 0.369 e. The van der Waals surface area contributed by atoms with Gasteiger partial charge in [0.15, 0.2) is 0 Å². The van der Waals surface area contributed by atoms with Gasteiger partial charge in [-0.25, -0.2) is 9.97 Å². The molecule has 1 aromatic heterocycles. The Balaban J connectivity index is 1.91. The van der Waals surface area contributed by atoms with Gasteiger partial charge in [0, 0.05) is 30.8 Å². The van der Waals surface area contributed by atoms with Crippen molar-refractivity contribution in [1.29, 1.82) is 0 Å². The van der Waals surface area contributed by atoms with E-state index >= 15 is 0 Å². The molecule has 1 amide bonds. The molecule has 1 aromatic rings. The number of carbonyl (C=O) groups excluding carboxylic acids is 1.